The van der Waals surface area contributed by atoms with Crippen LogP contribution in [0.4, 0.5) is 37.7 Å². The van der Waals surface area contributed by atoms with E-state index in [2.05, 4.69) is 0 Å². The highest BCUT2D eigenvalue weighted by Gasteiger charge is 2.78. The molecule has 61 heavy (non-hydrogen) atoms. The van der Waals surface area contributed by atoms with Gasteiger partial charge in [0.05, 0.1) is 99.5 Å². The molecule has 4 bridgehead atoms. The molecule has 2 aromatic rings. The molecule has 6 fully saturated rings. The van der Waals surface area contributed by atoms with E-state index in [4.69, 9.17) is 24.7 Å². The zero-order chi connectivity index (χ0) is 45.0. The molecule has 4 amide bonds. The van der Waals surface area contributed by atoms with Crippen LogP contribution in [-0.4, -0.2) is 92.7 Å². The lowest BCUT2D eigenvalue weighted by Gasteiger charge is -2.35. The molecule has 21 heteroatoms. The minimum atomic E-state index is -4.86. The molecule has 6 aliphatic heterocycles. The van der Waals surface area contributed by atoms with Crippen LogP contribution in [0.3, 0.4) is 0 Å². The van der Waals surface area contributed by atoms with Crippen LogP contribution in [0.5, 0.6) is 0 Å². The Kier molecular flexibility index (Phi) is 10.2. The molecule has 2 aromatic carbocycles. The number of aliphatic hydroxyl groups is 3. The molecule has 0 saturated carbocycles. The summed E-state index contributed by atoms with van der Waals surface area (Å²) in [6.45, 7) is 3.78. The Bertz CT molecular complexity index is 2350. The molecule has 6 saturated heterocycles. The van der Waals surface area contributed by atoms with Crippen molar-refractivity contribution in [1.29, 1.82) is 10.5 Å². The maximum atomic E-state index is 13.4. The highest BCUT2D eigenvalue weighted by atomic mass is 19.4. The van der Waals surface area contributed by atoms with Crippen LogP contribution in [-0.2, 0) is 50.5 Å². The van der Waals surface area contributed by atoms with Crippen molar-refractivity contribution >= 4 is 41.0 Å². The smallest absolute Gasteiger partial charge is 0.417 e. The van der Waals surface area contributed by atoms with Crippen LogP contribution in [0, 0.1) is 46.3 Å². The summed E-state index contributed by atoms with van der Waals surface area (Å²) in [6.07, 6.45) is -12.0. The number of benzene rings is 2. The summed E-state index contributed by atoms with van der Waals surface area (Å²) in [4.78, 5) is 65.3. The van der Waals surface area contributed by atoms with Crippen molar-refractivity contribution in [2.24, 2.45) is 23.7 Å². The highest BCUT2D eigenvalue weighted by molar-refractivity contribution is 6.24. The molecule has 6 aliphatic rings. The Morgan fingerprint density at radius 1 is 0.738 bits per heavy atom. The Labute approximate surface area is 342 Å². The van der Waals surface area contributed by atoms with E-state index in [1.165, 1.54) is 19.1 Å². The number of hydrogen-bond acceptors (Lipinski definition) is 13. The van der Waals surface area contributed by atoms with Crippen LogP contribution in [0.1, 0.15) is 68.7 Å². The minimum Gasteiger partial charge on any atom is -0.466 e. The number of carbonyl (C=O) groups excluding carboxylic acids is 5. The van der Waals surface area contributed by atoms with Gasteiger partial charge in [0.25, 0.3) is 0 Å². The monoisotopic (exact) mass is 862 g/mol. The third kappa shape index (κ3) is 6.39. The van der Waals surface area contributed by atoms with Gasteiger partial charge >= 0.3 is 18.3 Å². The molecule has 10 atom stereocenters. The van der Waals surface area contributed by atoms with Gasteiger partial charge in [-0.2, -0.15) is 36.9 Å². The molecule has 0 aliphatic carbocycles. The quantitative estimate of drug-likeness (QED) is 0.207. The van der Waals surface area contributed by atoms with Gasteiger partial charge in [-0.15, -0.1) is 0 Å². The Morgan fingerprint density at radius 3 is 1.46 bits per heavy atom. The van der Waals surface area contributed by atoms with Gasteiger partial charge in [-0.25, -0.2) is 9.80 Å². The largest absolute Gasteiger partial charge is 0.466 e. The number of aliphatic hydroxyl groups excluding tert-OH is 3. The minimum absolute atomic E-state index is 0.0439. The van der Waals surface area contributed by atoms with E-state index in [0.717, 1.165) is 24.3 Å². The van der Waals surface area contributed by atoms with Gasteiger partial charge in [-0.3, -0.25) is 24.0 Å². The summed E-state index contributed by atoms with van der Waals surface area (Å²) in [5, 5.41) is 48.5. The molecule has 0 aromatic heterocycles. The van der Waals surface area contributed by atoms with E-state index in [1.54, 1.807) is 13.8 Å². The second-order valence-electron chi connectivity index (χ2n) is 16.4. The molecule has 6 heterocycles. The molecule has 8 rings (SSSR count). The summed E-state index contributed by atoms with van der Waals surface area (Å²) >= 11 is 0. The standard InChI is InChI=1S/C21H19F3N2O6.C19H17F3N2O5/c1-10(27)31-6-5-20-14(28)8-19(2,32-20)15-16(20)18(30)26(17(15)29)12-4-3-11(9-25)13(7-12)21(22,23)24;1-17-7-12(26)18(29-17,4-5-25)14-13(17)15(27)24(16(14)28)10-3-2-9(8-23)11(6-10)19(20,21)22/h3-4,7,14-16,28H,5-6,8H2,1-2H3;2-3,6,12-14,25-26H,4-5,7H2,1H3/t14-,15+,16-,19+,20-;12-,13+,14-,17+,18-/m10/s1. The van der Waals surface area contributed by atoms with Crippen molar-refractivity contribution < 1.29 is 79.8 Å². The van der Waals surface area contributed by atoms with E-state index in [0.29, 0.717) is 21.9 Å². The molecule has 15 nitrogen and oxygen atoms in total. The number of amides is 4. The van der Waals surface area contributed by atoms with Crippen LogP contribution in [0.25, 0.3) is 0 Å². The summed E-state index contributed by atoms with van der Waals surface area (Å²) < 4.78 is 97.0. The lowest BCUT2D eigenvalue weighted by atomic mass is 9.66. The van der Waals surface area contributed by atoms with Crippen LogP contribution >= 0.6 is 0 Å². The van der Waals surface area contributed by atoms with Gasteiger partial charge in [-0.05, 0) is 50.2 Å². The predicted molar refractivity (Wildman–Crippen MR) is 190 cm³/mol. The number of alkyl halides is 6. The fraction of sp³-hybridized carbons (Fsp3) is 0.525. The first kappa shape index (κ1) is 43.6. The number of imide groups is 2. The molecular formula is C40H36F6N4O11. The van der Waals surface area contributed by atoms with Crippen molar-refractivity contribution in [2.75, 3.05) is 23.0 Å². The van der Waals surface area contributed by atoms with E-state index >= 15 is 0 Å². The van der Waals surface area contributed by atoms with Crippen molar-refractivity contribution in [2.45, 2.75) is 93.4 Å². The van der Waals surface area contributed by atoms with Crippen LogP contribution < -0.4 is 9.80 Å². The van der Waals surface area contributed by atoms with Gasteiger partial charge in [0.1, 0.15) is 11.2 Å². The number of anilines is 2. The SMILES string of the molecule is CC(=O)OCC[C@@]12O[C@@](C)(C[C@H]1O)[C@@H]1C(=O)N(c3ccc(C#N)c(C(F)(F)F)c3)C(=O)[C@@H]12.C[C@]12C[C@H](O)[C@](CCO)(O1)[C@@H]1C(=O)N(c3ccc(C#N)c(C(F)(F)F)c3)C(=O)[C@@H]12. The molecule has 324 valence electrons. The van der Waals surface area contributed by atoms with Crippen molar-refractivity contribution in [3.8, 4) is 12.1 Å². The lowest BCUT2D eigenvalue weighted by molar-refractivity contribution is -0.148. The first-order valence-electron chi connectivity index (χ1n) is 18.8. The first-order valence-corrected chi connectivity index (χ1v) is 18.8. The van der Waals surface area contributed by atoms with Gasteiger partial charge in [-0.1, -0.05) is 0 Å². The van der Waals surface area contributed by atoms with Gasteiger partial charge in [0, 0.05) is 39.2 Å². The number of fused-ring (bicyclic) bond motifs is 10. The number of hydrogen-bond donors (Lipinski definition) is 3. The maximum Gasteiger partial charge on any atom is 0.417 e. The number of halogens is 6. The lowest BCUT2D eigenvalue weighted by Crippen LogP contribution is -2.51. The van der Waals surface area contributed by atoms with Crippen molar-refractivity contribution in [3.63, 3.8) is 0 Å². The third-order valence-electron chi connectivity index (χ3n) is 12.8. The topological polar surface area (TPSA) is 228 Å². The number of carbonyl (C=O) groups is 5. The normalized spacial score (nSPS) is 34.6. The average Bonchev–Trinajstić information content (AvgIpc) is 3.92. The number of esters is 1. The van der Waals surface area contributed by atoms with E-state index < -0.39 is 129 Å². The summed E-state index contributed by atoms with van der Waals surface area (Å²) in [5.41, 5.74) is -9.71. The zero-order valence-corrected chi connectivity index (χ0v) is 32.3. The predicted octanol–water partition coefficient (Wildman–Crippen LogP) is 3.29. The van der Waals surface area contributed by atoms with Gasteiger partial charge in [0.2, 0.25) is 23.6 Å². The van der Waals surface area contributed by atoms with Gasteiger partial charge in [0.15, 0.2) is 0 Å². The molecule has 3 N–H and O–H groups in total. The third-order valence-corrected chi connectivity index (χ3v) is 12.8. The van der Waals surface area contributed by atoms with E-state index in [1.807, 2.05) is 0 Å². The molecule has 0 unspecified atom stereocenters. The number of nitriles is 2. The van der Waals surface area contributed by atoms with Crippen LogP contribution in [0.15, 0.2) is 36.4 Å². The first-order chi connectivity index (χ1) is 28.4. The number of ether oxygens (including phenoxy) is 3. The fourth-order valence-corrected chi connectivity index (χ4v) is 10.5. The maximum absolute atomic E-state index is 13.4. The van der Waals surface area contributed by atoms with Gasteiger partial charge < -0.3 is 29.5 Å². The molecular weight excluding hydrogens is 826 g/mol. The van der Waals surface area contributed by atoms with Crippen molar-refractivity contribution in [3.05, 3.63) is 58.7 Å². The second kappa shape index (κ2) is 14.3. The van der Waals surface area contributed by atoms with E-state index in [9.17, 15) is 65.6 Å². The Morgan fingerprint density at radius 2 is 1.11 bits per heavy atom. The van der Waals surface area contributed by atoms with Crippen molar-refractivity contribution in [1.82, 2.24) is 0 Å². The zero-order valence-electron chi connectivity index (χ0n) is 32.3. The highest BCUT2D eigenvalue weighted by Crippen LogP contribution is 2.64. The Balaban J connectivity index is 0.000000185. The fourth-order valence-electron chi connectivity index (χ4n) is 10.5. The average molecular weight is 863 g/mol. The Hall–Kier alpha value is -5.45. The van der Waals surface area contributed by atoms with E-state index in [-0.39, 0.29) is 43.7 Å². The summed E-state index contributed by atoms with van der Waals surface area (Å²) in [6, 6.07) is 8.16. The summed E-state index contributed by atoms with van der Waals surface area (Å²) in [5.74, 6) is -7.86. The second-order valence-corrected chi connectivity index (χ2v) is 16.4. The molecule has 0 radical (unpaired) electrons. The number of rotatable bonds is 7. The number of nitrogens with zero attached hydrogens (tertiary/aromatic N) is 4. The molecule has 0 spiro atoms. The van der Waals surface area contributed by atoms with Crippen LogP contribution in [0.2, 0.25) is 0 Å². The summed E-state index contributed by atoms with van der Waals surface area (Å²) in [7, 11) is 0.